The van der Waals surface area contributed by atoms with Gasteiger partial charge in [-0.1, -0.05) is 6.42 Å². The van der Waals surface area contributed by atoms with Crippen molar-refractivity contribution in [3.63, 3.8) is 0 Å². The molecule has 0 bridgehead atoms. The van der Waals surface area contributed by atoms with Crippen LogP contribution in [0.4, 0.5) is 0 Å². The molecule has 0 spiro atoms. The maximum Gasteiger partial charge on any atom is 0.243 e. The van der Waals surface area contributed by atoms with Crippen LogP contribution >= 0.6 is 0 Å². The predicted molar refractivity (Wildman–Crippen MR) is 79.1 cm³/mol. The van der Waals surface area contributed by atoms with Crippen LogP contribution in [0.3, 0.4) is 0 Å². The second-order valence-electron chi connectivity index (χ2n) is 5.64. The van der Waals surface area contributed by atoms with Crippen LogP contribution in [0.25, 0.3) is 0 Å². The molecule has 6 heteroatoms. The quantitative estimate of drug-likeness (QED) is 0.917. The minimum Gasteiger partial charge on any atom is -0.393 e. The maximum atomic E-state index is 12.6. The third kappa shape index (κ3) is 3.26. The van der Waals surface area contributed by atoms with Gasteiger partial charge in [0.2, 0.25) is 10.0 Å². The first-order chi connectivity index (χ1) is 9.86. The fraction of sp³-hybridized carbons (Fsp3) is 0.533. The lowest BCUT2D eigenvalue weighted by Crippen LogP contribution is -2.34. The van der Waals surface area contributed by atoms with Crippen LogP contribution in [-0.4, -0.2) is 37.5 Å². The van der Waals surface area contributed by atoms with Gasteiger partial charge in [0.05, 0.1) is 22.6 Å². The Morgan fingerprint density at radius 3 is 2.67 bits per heavy atom. The Morgan fingerprint density at radius 1 is 1.43 bits per heavy atom. The van der Waals surface area contributed by atoms with E-state index in [0.717, 1.165) is 19.3 Å². The first kappa shape index (κ1) is 16.0. The normalized spacial score (nSPS) is 22.4. The minimum atomic E-state index is -3.59. The van der Waals surface area contributed by atoms with Crippen LogP contribution in [0, 0.1) is 24.2 Å². The van der Waals surface area contributed by atoms with Crippen molar-refractivity contribution in [3.05, 3.63) is 29.3 Å². The van der Waals surface area contributed by atoms with Crippen LogP contribution in [0.5, 0.6) is 0 Å². The molecule has 1 N–H and O–H groups in total. The number of aliphatic hydroxyl groups is 1. The molecule has 1 aromatic rings. The number of sulfonamides is 1. The van der Waals surface area contributed by atoms with Crippen LogP contribution < -0.4 is 0 Å². The van der Waals surface area contributed by atoms with E-state index in [1.807, 2.05) is 6.07 Å². The van der Waals surface area contributed by atoms with Gasteiger partial charge in [0.1, 0.15) is 0 Å². The average Bonchev–Trinajstić information content (AvgIpc) is 2.83. The molecule has 5 nitrogen and oxygen atoms in total. The third-order valence-corrected chi connectivity index (χ3v) is 6.09. The molecule has 1 fully saturated rings. The first-order valence-electron chi connectivity index (χ1n) is 7.01. The Kier molecular flexibility index (Phi) is 4.67. The van der Waals surface area contributed by atoms with E-state index in [1.54, 1.807) is 13.0 Å². The fourth-order valence-corrected chi connectivity index (χ4v) is 4.26. The third-order valence-electron chi connectivity index (χ3n) is 4.10. The Labute approximate surface area is 125 Å². The van der Waals surface area contributed by atoms with Gasteiger partial charge in [-0.05, 0) is 49.4 Å². The topological polar surface area (TPSA) is 81.4 Å². The highest BCUT2D eigenvalue weighted by molar-refractivity contribution is 7.89. The summed E-state index contributed by atoms with van der Waals surface area (Å²) in [7, 11) is -2.05. The number of aliphatic hydroxyl groups excluding tert-OH is 1. The SMILES string of the molecule is Cc1cc(C#N)ccc1S(=O)(=O)N(C)CC1CCCC1O. The molecule has 1 saturated carbocycles. The van der Waals surface area contributed by atoms with E-state index in [-0.39, 0.29) is 10.8 Å². The van der Waals surface area contributed by atoms with Gasteiger partial charge in [0, 0.05) is 13.6 Å². The number of benzene rings is 1. The lowest BCUT2D eigenvalue weighted by Gasteiger charge is -2.23. The number of hydrogen-bond donors (Lipinski definition) is 1. The molecular formula is C15H20N2O3S. The molecule has 1 aliphatic rings. The molecule has 114 valence electrons. The summed E-state index contributed by atoms with van der Waals surface area (Å²) in [4.78, 5) is 0.219. The number of hydrogen-bond acceptors (Lipinski definition) is 4. The van der Waals surface area contributed by atoms with Gasteiger partial charge in [-0.3, -0.25) is 0 Å². The zero-order chi connectivity index (χ0) is 15.6. The van der Waals surface area contributed by atoms with Crippen molar-refractivity contribution in [2.75, 3.05) is 13.6 Å². The van der Waals surface area contributed by atoms with Crippen molar-refractivity contribution in [1.29, 1.82) is 5.26 Å². The highest BCUT2D eigenvalue weighted by atomic mass is 32.2. The number of nitriles is 1. The largest absolute Gasteiger partial charge is 0.393 e. The summed E-state index contributed by atoms with van der Waals surface area (Å²) in [6.07, 6.45) is 2.13. The van der Waals surface area contributed by atoms with Crippen molar-refractivity contribution < 1.29 is 13.5 Å². The molecule has 0 aliphatic heterocycles. The standard InChI is InChI=1S/C15H20N2O3S/c1-11-8-12(9-16)6-7-15(11)21(19,20)17(2)10-13-4-3-5-14(13)18/h6-8,13-14,18H,3-5,10H2,1-2H3. The van der Waals surface area contributed by atoms with Gasteiger partial charge in [-0.25, -0.2) is 12.7 Å². The van der Waals surface area contributed by atoms with Gasteiger partial charge < -0.3 is 5.11 Å². The van der Waals surface area contributed by atoms with Gasteiger partial charge in [0.15, 0.2) is 0 Å². The molecule has 2 rings (SSSR count). The Morgan fingerprint density at radius 2 is 2.14 bits per heavy atom. The highest BCUT2D eigenvalue weighted by Gasteiger charge is 2.31. The van der Waals surface area contributed by atoms with E-state index >= 15 is 0 Å². The second kappa shape index (κ2) is 6.14. The van der Waals surface area contributed by atoms with E-state index in [9.17, 15) is 13.5 Å². The summed E-state index contributed by atoms with van der Waals surface area (Å²) in [6.45, 7) is 2.01. The molecule has 0 saturated heterocycles. The second-order valence-corrected chi connectivity index (χ2v) is 7.65. The van der Waals surface area contributed by atoms with E-state index in [0.29, 0.717) is 17.7 Å². The van der Waals surface area contributed by atoms with Crippen LogP contribution in [0.15, 0.2) is 23.1 Å². The summed E-state index contributed by atoms with van der Waals surface area (Å²) in [5.41, 5.74) is 1.01. The summed E-state index contributed by atoms with van der Waals surface area (Å²) in [5, 5.41) is 18.7. The lowest BCUT2D eigenvalue weighted by atomic mass is 10.1. The Bertz CT molecular complexity index is 664. The molecule has 21 heavy (non-hydrogen) atoms. The maximum absolute atomic E-state index is 12.6. The zero-order valence-electron chi connectivity index (χ0n) is 12.3. The zero-order valence-corrected chi connectivity index (χ0v) is 13.1. The predicted octanol–water partition coefficient (Wildman–Crippen LogP) is 1.65. The number of nitrogens with zero attached hydrogens (tertiary/aromatic N) is 2. The van der Waals surface area contributed by atoms with Gasteiger partial charge >= 0.3 is 0 Å². The van der Waals surface area contributed by atoms with Gasteiger partial charge in [0.25, 0.3) is 0 Å². The molecule has 0 amide bonds. The average molecular weight is 308 g/mol. The molecule has 2 atom stereocenters. The van der Waals surface area contributed by atoms with Crippen LogP contribution in [0.2, 0.25) is 0 Å². The van der Waals surface area contributed by atoms with E-state index < -0.39 is 16.1 Å². The number of aryl methyl sites for hydroxylation is 1. The Hall–Kier alpha value is -1.42. The van der Waals surface area contributed by atoms with Crippen molar-refractivity contribution in [1.82, 2.24) is 4.31 Å². The van der Waals surface area contributed by atoms with E-state index in [2.05, 4.69) is 0 Å². The van der Waals surface area contributed by atoms with Crippen LogP contribution in [0.1, 0.15) is 30.4 Å². The molecule has 1 aromatic carbocycles. The van der Waals surface area contributed by atoms with E-state index in [1.165, 1.54) is 23.5 Å². The Balaban J connectivity index is 2.23. The van der Waals surface area contributed by atoms with Crippen molar-refractivity contribution in [2.24, 2.45) is 5.92 Å². The highest BCUT2D eigenvalue weighted by Crippen LogP contribution is 2.28. The number of rotatable bonds is 4. The van der Waals surface area contributed by atoms with E-state index in [4.69, 9.17) is 5.26 Å². The molecule has 0 radical (unpaired) electrons. The lowest BCUT2D eigenvalue weighted by molar-refractivity contribution is 0.123. The summed E-state index contributed by atoms with van der Waals surface area (Å²) < 4.78 is 26.5. The molecule has 1 aliphatic carbocycles. The fourth-order valence-electron chi connectivity index (χ4n) is 2.83. The molecule has 2 unspecified atom stereocenters. The van der Waals surface area contributed by atoms with Crippen molar-refractivity contribution in [2.45, 2.75) is 37.2 Å². The summed E-state index contributed by atoms with van der Waals surface area (Å²) in [6, 6.07) is 6.56. The summed E-state index contributed by atoms with van der Waals surface area (Å²) >= 11 is 0. The monoisotopic (exact) mass is 308 g/mol. The smallest absolute Gasteiger partial charge is 0.243 e. The van der Waals surface area contributed by atoms with Crippen molar-refractivity contribution in [3.8, 4) is 6.07 Å². The summed E-state index contributed by atoms with van der Waals surface area (Å²) in [5.74, 6) is 0.00321. The van der Waals surface area contributed by atoms with Gasteiger partial charge in [-0.15, -0.1) is 0 Å². The minimum absolute atomic E-state index is 0.00321. The molecule has 0 heterocycles. The van der Waals surface area contributed by atoms with Crippen LogP contribution in [-0.2, 0) is 10.0 Å². The van der Waals surface area contributed by atoms with Gasteiger partial charge in [-0.2, -0.15) is 5.26 Å². The molecule has 0 aromatic heterocycles. The van der Waals surface area contributed by atoms with Crippen molar-refractivity contribution >= 4 is 10.0 Å². The first-order valence-corrected chi connectivity index (χ1v) is 8.45. The molecular weight excluding hydrogens is 288 g/mol.